The van der Waals surface area contributed by atoms with E-state index in [9.17, 15) is 4.79 Å². The molecule has 0 aliphatic carbocycles. The van der Waals surface area contributed by atoms with Gasteiger partial charge in [-0.2, -0.15) is 11.8 Å². The van der Waals surface area contributed by atoms with Gasteiger partial charge in [0, 0.05) is 35.5 Å². The predicted octanol–water partition coefficient (Wildman–Crippen LogP) is 2.34. The first-order valence-electron chi connectivity index (χ1n) is 7.08. The smallest absolute Gasteiger partial charge is 0.238 e. The number of nitrogens with one attached hydrogen (secondary N) is 1. The molecule has 1 amide bonds. The number of rotatable bonds is 4. The molecule has 0 spiro atoms. The molecule has 1 aliphatic heterocycles. The molecule has 4 nitrogen and oxygen atoms in total. The second-order valence-corrected chi connectivity index (χ2v) is 6.66. The minimum absolute atomic E-state index is 0.0370. The van der Waals surface area contributed by atoms with Crippen molar-refractivity contribution in [1.82, 2.24) is 4.90 Å². The van der Waals surface area contributed by atoms with Crippen molar-refractivity contribution in [1.29, 1.82) is 0 Å². The number of anilines is 2. The first kappa shape index (κ1) is 15.2. The van der Waals surface area contributed by atoms with Crippen molar-refractivity contribution in [3.05, 3.63) is 23.8 Å². The highest BCUT2D eigenvalue weighted by atomic mass is 32.2. The molecular formula is C15H23N3OS. The Morgan fingerprint density at radius 2 is 2.35 bits per heavy atom. The van der Waals surface area contributed by atoms with Crippen molar-refractivity contribution in [3.63, 3.8) is 0 Å². The Morgan fingerprint density at radius 3 is 3.05 bits per heavy atom. The number of thioether (sulfide) groups is 1. The van der Waals surface area contributed by atoms with Crippen LogP contribution in [0.25, 0.3) is 0 Å². The van der Waals surface area contributed by atoms with Crippen molar-refractivity contribution in [2.45, 2.75) is 25.5 Å². The zero-order valence-electron chi connectivity index (χ0n) is 12.2. The summed E-state index contributed by atoms with van der Waals surface area (Å²) in [7, 11) is 0. The minimum Gasteiger partial charge on any atom is -0.398 e. The summed E-state index contributed by atoms with van der Waals surface area (Å²) in [5.74, 6) is 1.15. The molecule has 1 atom stereocenters. The van der Waals surface area contributed by atoms with E-state index in [2.05, 4.69) is 17.1 Å². The van der Waals surface area contributed by atoms with E-state index in [1.165, 1.54) is 0 Å². The molecule has 1 unspecified atom stereocenters. The number of benzene rings is 1. The third-order valence-electron chi connectivity index (χ3n) is 3.61. The lowest BCUT2D eigenvalue weighted by Crippen LogP contribution is -2.42. The Bertz CT molecular complexity index is 478. The van der Waals surface area contributed by atoms with Crippen LogP contribution in [0.15, 0.2) is 18.2 Å². The van der Waals surface area contributed by atoms with E-state index in [1.807, 2.05) is 36.9 Å². The Labute approximate surface area is 125 Å². The normalized spacial score (nSPS) is 19.8. The maximum absolute atomic E-state index is 12.1. The number of amides is 1. The van der Waals surface area contributed by atoms with Gasteiger partial charge >= 0.3 is 0 Å². The molecule has 1 heterocycles. The molecule has 0 bridgehead atoms. The summed E-state index contributed by atoms with van der Waals surface area (Å²) >= 11 is 2.01. The van der Waals surface area contributed by atoms with Gasteiger partial charge in [0.1, 0.15) is 0 Å². The summed E-state index contributed by atoms with van der Waals surface area (Å²) in [6.45, 7) is 6.62. The number of hydrogen-bond donors (Lipinski definition) is 2. The summed E-state index contributed by atoms with van der Waals surface area (Å²) in [6.07, 6.45) is 1.16. The predicted molar refractivity (Wildman–Crippen MR) is 87.2 cm³/mol. The zero-order chi connectivity index (χ0) is 14.5. The van der Waals surface area contributed by atoms with E-state index in [1.54, 1.807) is 0 Å². The van der Waals surface area contributed by atoms with Crippen molar-refractivity contribution < 1.29 is 4.79 Å². The van der Waals surface area contributed by atoms with Crippen LogP contribution in [-0.4, -0.2) is 41.4 Å². The van der Waals surface area contributed by atoms with Crippen LogP contribution < -0.4 is 11.1 Å². The molecule has 1 aliphatic rings. The lowest BCUT2D eigenvalue weighted by molar-refractivity contribution is -0.117. The summed E-state index contributed by atoms with van der Waals surface area (Å²) in [5.41, 5.74) is 8.37. The molecule has 20 heavy (non-hydrogen) atoms. The standard InChI is InChI=1S/C15H23N3OS/c1-3-13-9-18(6-7-20-13)10-15(19)17-12-5-4-11(2)14(16)8-12/h4-5,8,13H,3,6-7,9-10,16H2,1-2H3,(H,17,19). The molecule has 2 rings (SSSR count). The lowest BCUT2D eigenvalue weighted by Gasteiger charge is -2.31. The third kappa shape index (κ3) is 4.15. The van der Waals surface area contributed by atoms with Gasteiger partial charge in [-0.25, -0.2) is 0 Å². The van der Waals surface area contributed by atoms with Gasteiger partial charge in [-0.1, -0.05) is 13.0 Å². The van der Waals surface area contributed by atoms with Gasteiger partial charge in [0.15, 0.2) is 0 Å². The van der Waals surface area contributed by atoms with E-state index >= 15 is 0 Å². The quantitative estimate of drug-likeness (QED) is 0.837. The number of carbonyl (C=O) groups is 1. The van der Waals surface area contributed by atoms with Crippen LogP contribution in [-0.2, 0) is 4.79 Å². The number of nitrogens with two attached hydrogens (primary N) is 1. The number of nitrogen functional groups attached to an aromatic ring is 1. The summed E-state index contributed by atoms with van der Waals surface area (Å²) < 4.78 is 0. The van der Waals surface area contributed by atoms with Crippen LogP contribution in [0.5, 0.6) is 0 Å². The largest absolute Gasteiger partial charge is 0.398 e. The van der Waals surface area contributed by atoms with Crippen LogP contribution in [0, 0.1) is 6.92 Å². The molecule has 1 aromatic rings. The monoisotopic (exact) mass is 293 g/mol. The fraction of sp³-hybridized carbons (Fsp3) is 0.533. The van der Waals surface area contributed by atoms with E-state index in [4.69, 9.17) is 5.73 Å². The average Bonchev–Trinajstić information content (AvgIpc) is 2.43. The minimum atomic E-state index is 0.0370. The van der Waals surface area contributed by atoms with Gasteiger partial charge in [-0.15, -0.1) is 0 Å². The Kier molecular flexibility index (Phi) is 5.31. The van der Waals surface area contributed by atoms with Gasteiger partial charge in [-0.05, 0) is 31.0 Å². The SMILES string of the molecule is CCC1CN(CC(=O)Nc2ccc(C)c(N)c2)CCS1. The van der Waals surface area contributed by atoms with E-state index in [0.29, 0.717) is 17.5 Å². The molecule has 1 fully saturated rings. The molecule has 0 aromatic heterocycles. The average molecular weight is 293 g/mol. The first-order chi connectivity index (χ1) is 9.58. The zero-order valence-corrected chi connectivity index (χ0v) is 13.0. The maximum Gasteiger partial charge on any atom is 0.238 e. The van der Waals surface area contributed by atoms with Gasteiger partial charge in [0.25, 0.3) is 0 Å². The van der Waals surface area contributed by atoms with Gasteiger partial charge in [0.05, 0.1) is 6.54 Å². The summed E-state index contributed by atoms with van der Waals surface area (Å²) in [6, 6.07) is 5.63. The molecule has 0 saturated carbocycles. The van der Waals surface area contributed by atoms with Gasteiger partial charge in [-0.3, -0.25) is 9.69 Å². The highest BCUT2D eigenvalue weighted by Crippen LogP contribution is 2.21. The number of carbonyl (C=O) groups excluding carboxylic acids is 1. The number of hydrogen-bond acceptors (Lipinski definition) is 4. The number of aryl methyl sites for hydroxylation is 1. The lowest BCUT2D eigenvalue weighted by atomic mass is 10.2. The van der Waals surface area contributed by atoms with Crippen LogP contribution in [0.3, 0.4) is 0 Å². The third-order valence-corrected chi connectivity index (χ3v) is 4.98. The molecule has 0 radical (unpaired) electrons. The Morgan fingerprint density at radius 1 is 1.55 bits per heavy atom. The summed E-state index contributed by atoms with van der Waals surface area (Å²) in [5, 5.41) is 3.58. The van der Waals surface area contributed by atoms with Crippen LogP contribution in [0.2, 0.25) is 0 Å². The first-order valence-corrected chi connectivity index (χ1v) is 8.13. The molecule has 5 heteroatoms. The van der Waals surface area contributed by atoms with Crippen LogP contribution >= 0.6 is 11.8 Å². The van der Waals surface area contributed by atoms with Crippen molar-refractivity contribution in [3.8, 4) is 0 Å². The Balaban J connectivity index is 1.87. The molecule has 110 valence electrons. The second-order valence-electron chi connectivity index (χ2n) is 5.26. The van der Waals surface area contributed by atoms with Crippen molar-refractivity contribution in [2.24, 2.45) is 0 Å². The molecule has 1 saturated heterocycles. The van der Waals surface area contributed by atoms with Crippen LogP contribution in [0.1, 0.15) is 18.9 Å². The van der Waals surface area contributed by atoms with Crippen molar-refractivity contribution >= 4 is 29.0 Å². The van der Waals surface area contributed by atoms with E-state index in [-0.39, 0.29) is 5.91 Å². The summed E-state index contributed by atoms with van der Waals surface area (Å²) in [4.78, 5) is 14.3. The van der Waals surface area contributed by atoms with Gasteiger partial charge in [0.2, 0.25) is 5.91 Å². The van der Waals surface area contributed by atoms with Gasteiger partial charge < -0.3 is 11.1 Å². The Hall–Kier alpha value is -1.20. The van der Waals surface area contributed by atoms with Crippen molar-refractivity contribution in [2.75, 3.05) is 36.4 Å². The maximum atomic E-state index is 12.1. The molecular weight excluding hydrogens is 270 g/mol. The van der Waals surface area contributed by atoms with Crippen LogP contribution in [0.4, 0.5) is 11.4 Å². The molecule has 1 aromatic carbocycles. The second kappa shape index (κ2) is 6.99. The highest BCUT2D eigenvalue weighted by Gasteiger charge is 2.20. The number of nitrogens with zero attached hydrogens (tertiary/aromatic N) is 1. The highest BCUT2D eigenvalue weighted by molar-refractivity contribution is 8.00. The topological polar surface area (TPSA) is 58.4 Å². The molecule has 3 N–H and O–H groups in total. The van der Waals surface area contributed by atoms with E-state index < -0.39 is 0 Å². The fourth-order valence-electron chi connectivity index (χ4n) is 2.29. The van der Waals surface area contributed by atoms with E-state index in [0.717, 1.165) is 36.5 Å². The fourth-order valence-corrected chi connectivity index (χ4v) is 3.54.